The summed E-state index contributed by atoms with van der Waals surface area (Å²) < 4.78 is 0. The number of benzene rings is 1. The molecule has 3 nitrogen and oxygen atoms in total. The van der Waals surface area contributed by atoms with Crippen molar-refractivity contribution in [1.82, 2.24) is 15.2 Å². The molecule has 0 amide bonds. The third-order valence-electron chi connectivity index (χ3n) is 3.41. The summed E-state index contributed by atoms with van der Waals surface area (Å²) >= 11 is 0. The summed E-state index contributed by atoms with van der Waals surface area (Å²) in [5.74, 6) is 0. The highest BCUT2D eigenvalue weighted by Crippen LogP contribution is 2.26. The van der Waals surface area contributed by atoms with Crippen molar-refractivity contribution in [3.05, 3.63) is 36.0 Å². The van der Waals surface area contributed by atoms with E-state index in [4.69, 9.17) is 0 Å². The summed E-state index contributed by atoms with van der Waals surface area (Å²) in [6.07, 6.45) is 2.14. The fourth-order valence-corrected chi connectivity index (χ4v) is 2.29. The molecule has 2 rings (SSSR count). The molecule has 0 saturated carbocycles. The zero-order valence-electron chi connectivity index (χ0n) is 10.8. The van der Waals surface area contributed by atoms with Gasteiger partial charge in [0.05, 0.1) is 0 Å². The summed E-state index contributed by atoms with van der Waals surface area (Å²) in [7, 11) is 4.18. The molecule has 17 heavy (non-hydrogen) atoms. The summed E-state index contributed by atoms with van der Waals surface area (Å²) in [4.78, 5) is 5.72. The van der Waals surface area contributed by atoms with Crippen LogP contribution in [-0.2, 0) is 0 Å². The number of nitrogens with one attached hydrogen (secondary N) is 2. The van der Waals surface area contributed by atoms with Crippen LogP contribution in [0, 0.1) is 0 Å². The average Bonchev–Trinajstić information content (AvgIpc) is 2.79. The highest BCUT2D eigenvalue weighted by molar-refractivity contribution is 5.83. The highest BCUT2D eigenvalue weighted by atomic mass is 15.1. The highest BCUT2D eigenvalue weighted by Gasteiger charge is 2.18. The molecule has 1 unspecified atom stereocenters. The molecule has 2 N–H and O–H groups in total. The van der Waals surface area contributed by atoms with Crippen molar-refractivity contribution in [3.63, 3.8) is 0 Å². The van der Waals surface area contributed by atoms with Crippen LogP contribution in [0.15, 0.2) is 30.5 Å². The van der Waals surface area contributed by atoms with Gasteiger partial charge in [0, 0.05) is 29.7 Å². The van der Waals surface area contributed by atoms with Crippen molar-refractivity contribution in [2.45, 2.75) is 13.0 Å². The molecule has 2 aromatic rings. The van der Waals surface area contributed by atoms with Crippen molar-refractivity contribution in [2.24, 2.45) is 0 Å². The zero-order chi connectivity index (χ0) is 12.3. The number of likely N-dealkylation sites (N-methyl/N-ethyl adjacent to an activating group) is 2. The van der Waals surface area contributed by atoms with E-state index < -0.39 is 0 Å². The van der Waals surface area contributed by atoms with E-state index in [0.29, 0.717) is 6.04 Å². The van der Waals surface area contributed by atoms with E-state index in [1.807, 2.05) is 7.05 Å². The van der Waals surface area contributed by atoms with Crippen LogP contribution in [0.1, 0.15) is 18.5 Å². The van der Waals surface area contributed by atoms with E-state index in [9.17, 15) is 0 Å². The number of hydrogen-bond donors (Lipinski definition) is 2. The van der Waals surface area contributed by atoms with Gasteiger partial charge in [-0.1, -0.05) is 25.1 Å². The van der Waals surface area contributed by atoms with Crippen LogP contribution in [0.2, 0.25) is 0 Å². The van der Waals surface area contributed by atoms with Gasteiger partial charge in [-0.25, -0.2) is 0 Å². The van der Waals surface area contributed by atoms with Crippen LogP contribution < -0.4 is 5.32 Å². The van der Waals surface area contributed by atoms with Crippen molar-refractivity contribution < 1.29 is 0 Å². The molecule has 0 bridgehead atoms. The predicted octanol–water partition coefficient (Wildman–Crippen LogP) is 2.38. The van der Waals surface area contributed by atoms with Crippen LogP contribution in [0.5, 0.6) is 0 Å². The van der Waals surface area contributed by atoms with Crippen molar-refractivity contribution in [2.75, 3.05) is 27.2 Å². The van der Waals surface area contributed by atoms with Gasteiger partial charge >= 0.3 is 0 Å². The molecular weight excluding hydrogens is 210 g/mol. The van der Waals surface area contributed by atoms with Crippen LogP contribution in [0.3, 0.4) is 0 Å². The van der Waals surface area contributed by atoms with Crippen molar-refractivity contribution in [3.8, 4) is 0 Å². The van der Waals surface area contributed by atoms with E-state index in [1.54, 1.807) is 0 Å². The molecule has 0 saturated heterocycles. The molecule has 92 valence electrons. The topological polar surface area (TPSA) is 31.1 Å². The number of para-hydroxylation sites is 1. The van der Waals surface area contributed by atoms with E-state index >= 15 is 0 Å². The molecule has 0 spiro atoms. The lowest BCUT2D eigenvalue weighted by atomic mass is 10.0. The molecule has 1 aromatic heterocycles. The maximum atomic E-state index is 3.35. The first-order valence-electron chi connectivity index (χ1n) is 6.18. The van der Waals surface area contributed by atoms with Gasteiger partial charge in [0.25, 0.3) is 0 Å². The van der Waals surface area contributed by atoms with Gasteiger partial charge in [0.2, 0.25) is 0 Å². The van der Waals surface area contributed by atoms with Gasteiger partial charge in [-0.05, 0) is 32.3 Å². The normalized spacial score (nSPS) is 13.4. The van der Waals surface area contributed by atoms with Gasteiger partial charge in [0.1, 0.15) is 0 Å². The smallest absolute Gasteiger partial charge is 0.0490 e. The standard InChI is InChI=1S/C14H21N3/c1-4-17(3)14(10-15-2)12-9-16-13-8-6-5-7-11(12)13/h5-9,14-16H,4,10H2,1-3H3. The number of nitrogens with zero attached hydrogens (tertiary/aromatic N) is 1. The maximum Gasteiger partial charge on any atom is 0.0490 e. The fraction of sp³-hybridized carbons (Fsp3) is 0.429. The lowest BCUT2D eigenvalue weighted by Crippen LogP contribution is -2.31. The predicted molar refractivity (Wildman–Crippen MR) is 73.3 cm³/mol. The Morgan fingerprint density at radius 3 is 2.82 bits per heavy atom. The molecule has 3 heteroatoms. The minimum atomic E-state index is 0.418. The molecule has 0 aliphatic rings. The Hall–Kier alpha value is -1.32. The number of rotatable bonds is 5. The van der Waals surface area contributed by atoms with Gasteiger partial charge in [-0.15, -0.1) is 0 Å². The number of aromatic amines is 1. The second-order valence-electron chi connectivity index (χ2n) is 4.44. The first-order chi connectivity index (χ1) is 8.27. The number of aromatic nitrogens is 1. The molecular formula is C14H21N3. The molecule has 1 heterocycles. The van der Waals surface area contributed by atoms with Crippen LogP contribution in [0.25, 0.3) is 10.9 Å². The van der Waals surface area contributed by atoms with Gasteiger partial charge in [-0.2, -0.15) is 0 Å². The van der Waals surface area contributed by atoms with E-state index in [0.717, 1.165) is 13.1 Å². The first kappa shape index (κ1) is 12.1. The lowest BCUT2D eigenvalue weighted by molar-refractivity contribution is 0.255. The molecule has 1 atom stereocenters. The maximum absolute atomic E-state index is 3.35. The Bertz CT molecular complexity index is 475. The quantitative estimate of drug-likeness (QED) is 0.828. The minimum Gasteiger partial charge on any atom is -0.361 e. The van der Waals surface area contributed by atoms with Crippen LogP contribution in [0.4, 0.5) is 0 Å². The molecule has 0 aliphatic carbocycles. The molecule has 0 fully saturated rings. The van der Waals surface area contributed by atoms with Crippen molar-refractivity contribution >= 4 is 10.9 Å². The SMILES string of the molecule is CCN(C)C(CNC)c1c[nH]c2ccccc12. The molecule has 1 aromatic carbocycles. The van der Waals surface area contributed by atoms with E-state index in [1.165, 1.54) is 16.5 Å². The van der Waals surface area contributed by atoms with E-state index in [-0.39, 0.29) is 0 Å². The average molecular weight is 231 g/mol. The van der Waals surface area contributed by atoms with Crippen LogP contribution >= 0.6 is 0 Å². The second kappa shape index (κ2) is 5.34. The number of H-pyrrole nitrogens is 1. The Kier molecular flexibility index (Phi) is 3.82. The Morgan fingerprint density at radius 1 is 1.35 bits per heavy atom. The number of fused-ring (bicyclic) bond motifs is 1. The van der Waals surface area contributed by atoms with Gasteiger partial charge in [0.15, 0.2) is 0 Å². The van der Waals surface area contributed by atoms with Crippen molar-refractivity contribution in [1.29, 1.82) is 0 Å². The third-order valence-corrected chi connectivity index (χ3v) is 3.41. The summed E-state index contributed by atoms with van der Waals surface area (Å²) in [6, 6.07) is 8.90. The lowest BCUT2D eigenvalue weighted by Gasteiger charge is -2.26. The van der Waals surface area contributed by atoms with E-state index in [2.05, 4.69) is 59.6 Å². The second-order valence-corrected chi connectivity index (χ2v) is 4.44. The zero-order valence-corrected chi connectivity index (χ0v) is 10.8. The fourth-order valence-electron chi connectivity index (χ4n) is 2.29. The minimum absolute atomic E-state index is 0.418. The first-order valence-corrected chi connectivity index (χ1v) is 6.18. The molecule has 0 aliphatic heterocycles. The summed E-state index contributed by atoms with van der Waals surface area (Å²) in [6.45, 7) is 4.20. The Balaban J connectivity index is 2.41. The Morgan fingerprint density at radius 2 is 2.12 bits per heavy atom. The third kappa shape index (κ3) is 2.35. The van der Waals surface area contributed by atoms with Crippen LogP contribution in [-0.4, -0.2) is 37.1 Å². The summed E-state index contributed by atoms with van der Waals surface area (Å²) in [5, 5.41) is 4.61. The largest absolute Gasteiger partial charge is 0.361 e. The Labute approximate surface area is 103 Å². The number of hydrogen-bond acceptors (Lipinski definition) is 2. The summed E-state index contributed by atoms with van der Waals surface area (Å²) in [5.41, 5.74) is 2.59. The molecule has 0 radical (unpaired) electrons. The van der Waals surface area contributed by atoms with Gasteiger partial charge in [-0.3, -0.25) is 4.90 Å². The van der Waals surface area contributed by atoms with Gasteiger partial charge < -0.3 is 10.3 Å². The monoisotopic (exact) mass is 231 g/mol.